The summed E-state index contributed by atoms with van der Waals surface area (Å²) in [6.45, 7) is 3.35. The van der Waals surface area contributed by atoms with Gasteiger partial charge in [0.1, 0.15) is 0 Å². The number of hydrogen-bond acceptors (Lipinski definition) is 2. The number of aryl methyl sites for hydroxylation is 2. The van der Waals surface area contributed by atoms with Crippen LogP contribution in [0.25, 0.3) is 0 Å². The molecule has 0 bridgehead atoms. The molecule has 0 radical (unpaired) electrons. The lowest BCUT2D eigenvalue weighted by atomic mass is 9.76. The van der Waals surface area contributed by atoms with E-state index in [1.54, 1.807) is 26.4 Å². The quantitative estimate of drug-likeness (QED) is 0.870. The molecule has 2 atom stereocenters. The van der Waals surface area contributed by atoms with E-state index in [4.69, 9.17) is 0 Å². The minimum Gasteiger partial charge on any atom is -0.309 e. The highest BCUT2D eigenvalue weighted by atomic mass is 32.1. The fourth-order valence-corrected chi connectivity index (χ4v) is 5.33. The van der Waals surface area contributed by atoms with Crippen LogP contribution in [-0.4, -0.2) is 6.04 Å². The second-order valence-electron chi connectivity index (χ2n) is 6.41. The van der Waals surface area contributed by atoms with Crippen LogP contribution < -0.4 is 5.32 Å². The van der Waals surface area contributed by atoms with Gasteiger partial charge in [-0.05, 0) is 48.4 Å². The Morgan fingerprint density at radius 1 is 1.24 bits per heavy atom. The van der Waals surface area contributed by atoms with Crippen LogP contribution in [0.15, 0.2) is 30.3 Å². The molecule has 0 spiro atoms. The fraction of sp³-hybridized carbons (Fsp3) is 0.474. The summed E-state index contributed by atoms with van der Waals surface area (Å²) in [5, 5.41) is 3.79. The van der Waals surface area contributed by atoms with Crippen LogP contribution in [0.4, 0.5) is 0 Å². The largest absolute Gasteiger partial charge is 0.309 e. The molecule has 2 aliphatic rings. The predicted octanol–water partition coefficient (Wildman–Crippen LogP) is 4.64. The van der Waals surface area contributed by atoms with Crippen LogP contribution in [0.3, 0.4) is 0 Å². The van der Waals surface area contributed by atoms with Crippen molar-refractivity contribution in [3.63, 3.8) is 0 Å². The van der Waals surface area contributed by atoms with Crippen molar-refractivity contribution in [3.8, 4) is 0 Å². The molecule has 0 fully saturated rings. The first kappa shape index (κ1) is 13.5. The van der Waals surface area contributed by atoms with Crippen molar-refractivity contribution < 1.29 is 0 Å². The number of unbranched alkanes of at least 4 members (excludes halogenated alkanes) is 1. The van der Waals surface area contributed by atoms with Gasteiger partial charge in [0.25, 0.3) is 0 Å². The Morgan fingerprint density at radius 2 is 2.14 bits per heavy atom. The van der Waals surface area contributed by atoms with E-state index in [-0.39, 0.29) is 0 Å². The molecule has 2 heteroatoms. The molecule has 1 nitrogen and oxygen atoms in total. The normalized spacial score (nSPS) is 23.3. The molecule has 21 heavy (non-hydrogen) atoms. The molecule has 1 N–H and O–H groups in total. The van der Waals surface area contributed by atoms with Gasteiger partial charge in [-0.25, -0.2) is 0 Å². The number of benzene rings is 1. The number of nitrogens with one attached hydrogen (secondary N) is 1. The minimum absolute atomic E-state index is 0.596. The first-order valence-electron chi connectivity index (χ1n) is 8.29. The lowest BCUT2D eigenvalue weighted by Gasteiger charge is -2.37. The molecule has 0 unspecified atom stereocenters. The van der Waals surface area contributed by atoms with Crippen molar-refractivity contribution in [2.75, 3.05) is 0 Å². The number of fused-ring (bicyclic) bond motifs is 5. The number of thiophene rings is 1. The van der Waals surface area contributed by atoms with E-state index in [2.05, 4.69) is 53.9 Å². The standard InChI is InChI=1S/C19H23NS/c1-2-3-7-15-11-14-12-20-17-10-9-13-6-4-5-8-16(13)18(17)19(14)21-15/h4-6,8,11,17-18,20H,2-3,7,9-10,12H2,1H3/t17-,18-/m0/s1. The lowest BCUT2D eigenvalue weighted by molar-refractivity contribution is 0.399. The Kier molecular flexibility index (Phi) is 3.60. The van der Waals surface area contributed by atoms with Gasteiger partial charge in [0, 0.05) is 28.3 Å². The average Bonchev–Trinajstić information content (AvgIpc) is 2.95. The molecular weight excluding hydrogens is 274 g/mol. The van der Waals surface area contributed by atoms with E-state index in [9.17, 15) is 0 Å². The smallest absolute Gasteiger partial charge is 0.0343 e. The van der Waals surface area contributed by atoms with Crippen molar-refractivity contribution in [1.29, 1.82) is 0 Å². The Balaban J connectivity index is 1.74. The van der Waals surface area contributed by atoms with Gasteiger partial charge in [0.15, 0.2) is 0 Å². The van der Waals surface area contributed by atoms with Gasteiger partial charge >= 0.3 is 0 Å². The summed E-state index contributed by atoms with van der Waals surface area (Å²) in [5.41, 5.74) is 4.70. The van der Waals surface area contributed by atoms with Gasteiger partial charge in [-0.1, -0.05) is 37.6 Å². The molecule has 0 saturated heterocycles. The zero-order chi connectivity index (χ0) is 14.2. The molecule has 4 rings (SSSR count). The van der Waals surface area contributed by atoms with Crippen LogP contribution >= 0.6 is 11.3 Å². The van der Waals surface area contributed by atoms with Gasteiger partial charge < -0.3 is 5.32 Å². The first-order chi connectivity index (χ1) is 10.4. The SMILES string of the molecule is CCCCc1cc2c(s1)[C@H]1c3ccccc3CC[C@@H]1NC2. The summed E-state index contributed by atoms with van der Waals surface area (Å²) in [5.74, 6) is 0.596. The number of rotatable bonds is 3. The van der Waals surface area contributed by atoms with Gasteiger partial charge in [-0.3, -0.25) is 0 Å². The monoisotopic (exact) mass is 297 g/mol. The van der Waals surface area contributed by atoms with Crippen LogP contribution in [0.2, 0.25) is 0 Å². The Labute approximate surface area is 131 Å². The molecule has 0 saturated carbocycles. The highest BCUT2D eigenvalue weighted by Gasteiger charge is 2.35. The maximum Gasteiger partial charge on any atom is 0.0343 e. The van der Waals surface area contributed by atoms with Gasteiger partial charge in [0.2, 0.25) is 0 Å². The Morgan fingerprint density at radius 3 is 3.05 bits per heavy atom. The Bertz CT molecular complexity index is 643. The Hall–Kier alpha value is -1.12. The highest BCUT2D eigenvalue weighted by molar-refractivity contribution is 7.12. The van der Waals surface area contributed by atoms with Crippen LogP contribution in [-0.2, 0) is 19.4 Å². The van der Waals surface area contributed by atoms with E-state index < -0.39 is 0 Å². The first-order valence-corrected chi connectivity index (χ1v) is 9.11. The second-order valence-corrected chi connectivity index (χ2v) is 7.58. The van der Waals surface area contributed by atoms with Gasteiger partial charge in [-0.15, -0.1) is 11.3 Å². The van der Waals surface area contributed by atoms with Crippen molar-refractivity contribution in [2.45, 2.75) is 57.5 Å². The lowest BCUT2D eigenvalue weighted by Crippen LogP contribution is -2.41. The molecule has 1 aromatic heterocycles. The third-order valence-electron chi connectivity index (χ3n) is 5.02. The summed E-state index contributed by atoms with van der Waals surface area (Å²) in [6.07, 6.45) is 6.37. The van der Waals surface area contributed by atoms with E-state index in [1.807, 2.05) is 0 Å². The van der Waals surface area contributed by atoms with E-state index in [0.717, 1.165) is 6.54 Å². The molecular formula is C19H23NS. The predicted molar refractivity (Wildman–Crippen MR) is 90.2 cm³/mol. The van der Waals surface area contributed by atoms with Crippen molar-refractivity contribution in [2.24, 2.45) is 0 Å². The van der Waals surface area contributed by atoms with Crippen molar-refractivity contribution >= 4 is 11.3 Å². The summed E-state index contributed by atoms with van der Waals surface area (Å²) in [6, 6.07) is 12.2. The molecule has 1 aliphatic carbocycles. The number of hydrogen-bond donors (Lipinski definition) is 1. The van der Waals surface area contributed by atoms with Crippen molar-refractivity contribution in [1.82, 2.24) is 5.32 Å². The molecule has 1 aliphatic heterocycles. The highest BCUT2D eigenvalue weighted by Crippen LogP contribution is 2.44. The van der Waals surface area contributed by atoms with Gasteiger partial charge in [-0.2, -0.15) is 0 Å². The summed E-state index contributed by atoms with van der Waals surface area (Å²) >= 11 is 2.08. The summed E-state index contributed by atoms with van der Waals surface area (Å²) in [4.78, 5) is 3.24. The molecule has 110 valence electrons. The van der Waals surface area contributed by atoms with Crippen molar-refractivity contribution in [3.05, 3.63) is 56.8 Å². The second kappa shape index (κ2) is 5.58. The molecule has 2 heterocycles. The van der Waals surface area contributed by atoms with Crippen LogP contribution in [0.5, 0.6) is 0 Å². The van der Waals surface area contributed by atoms with Gasteiger partial charge in [0.05, 0.1) is 0 Å². The minimum atomic E-state index is 0.596. The third-order valence-corrected chi connectivity index (χ3v) is 6.34. The molecule has 0 amide bonds. The molecule has 2 aromatic rings. The van der Waals surface area contributed by atoms with E-state index in [0.29, 0.717) is 12.0 Å². The average molecular weight is 297 g/mol. The zero-order valence-corrected chi connectivity index (χ0v) is 13.5. The maximum atomic E-state index is 3.79. The van der Waals surface area contributed by atoms with E-state index in [1.165, 1.54) is 32.1 Å². The summed E-state index contributed by atoms with van der Waals surface area (Å²) in [7, 11) is 0. The fourth-order valence-electron chi connectivity index (χ4n) is 3.92. The topological polar surface area (TPSA) is 12.0 Å². The van der Waals surface area contributed by atoms with Crippen LogP contribution in [0, 0.1) is 0 Å². The van der Waals surface area contributed by atoms with E-state index >= 15 is 0 Å². The molecule has 1 aromatic carbocycles. The van der Waals surface area contributed by atoms with Crippen LogP contribution in [0.1, 0.15) is 58.5 Å². The third kappa shape index (κ3) is 2.35. The maximum absolute atomic E-state index is 3.79. The summed E-state index contributed by atoms with van der Waals surface area (Å²) < 4.78 is 0. The zero-order valence-electron chi connectivity index (χ0n) is 12.7.